The number of hydrogen-bond acceptors (Lipinski definition) is 1. The van der Waals surface area contributed by atoms with Crippen LogP contribution in [0.3, 0.4) is 0 Å². The Bertz CT molecular complexity index is 276. The number of nitrogens with zero attached hydrogens (tertiary/aromatic N) is 1. The molecule has 0 spiro atoms. The van der Waals surface area contributed by atoms with Gasteiger partial charge in [-0.15, -0.1) is 24.0 Å². The molecule has 0 bridgehead atoms. The number of nitrogens with two attached hydrogens (primary N) is 1. The average Bonchev–Trinajstić information content (AvgIpc) is 2.93. The molecule has 0 amide bonds. The summed E-state index contributed by atoms with van der Waals surface area (Å²) in [5, 5.41) is 3.01. The Balaban J connectivity index is 0.00000144. The van der Waals surface area contributed by atoms with Gasteiger partial charge in [0.1, 0.15) is 0 Å². The second-order valence-corrected chi connectivity index (χ2v) is 5.04. The van der Waals surface area contributed by atoms with Crippen LogP contribution in [-0.4, -0.2) is 25.5 Å². The number of nitrogens with one attached hydrogen (secondary N) is 1. The molecule has 0 aliphatic heterocycles. The Kier molecular flexibility index (Phi) is 5.40. The van der Waals surface area contributed by atoms with E-state index in [0.29, 0.717) is 24.7 Å². The molecule has 17 heavy (non-hydrogen) atoms. The summed E-state index contributed by atoms with van der Waals surface area (Å²) in [7, 11) is 0. The molecule has 2 aliphatic carbocycles. The van der Waals surface area contributed by atoms with Crippen LogP contribution < -0.4 is 11.1 Å². The lowest BCUT2D eigenvalue weighted by Gasteiger charge is -2.25. The Labute approximate surface area is 118 Å². The summed E-state index contributed by atoms with van der Waals surface area (Å²) in [6.07, 6.45) is 2.64. The second-order valence-electron chi connectivity index (χ2n) is 5.04. The third kappa shape index (κ3) is 3.93. The van der Waals surface area contributed by atoms with E-state index in [0.717, 1.165) is 6.54 Å². The third-order valence-electron chi connectivity index (χ3n) is 3.72. The van der Waals surface area contributed by atoms with E-state index in [1.165, 1.54) is 19.3 Å². The maximum atomic E-state index is 12.6. The Morgan fingerprint density at radius 2 is 2.06 bits per heavy atom. The maximum absolute atomic E-state index is 12.6. The minimum absolute atomic E-state index is 0. The lowest BCUT2D eigenvalue weighted by Crippen LogP contribution is -2.37. The first-order valence-electron chi connectivity index (χ1n) is 5.94. The number of alkyl halides is 2. The van der Waals surface area contributed by atoms with Crippen molar-refractivity contribution in [1.29, 1.82) is 0 Å². The SMILES string of the molecule is I.NC(=NCC1(C(F)F)CC1)NCC1CCC1. The predicted molar refractivity (Wildman–Crippen MR) is 74.9 cm³/mol. The summed E-state index contributed by atoms with van der Waals surface area (Å²) < 4.78 is 25.1. The topological polar surface area (TPSA) is 50.4 Å². The van der Waals surface area contributed by atoms with Gasteiger partial charge >= 0.3 is 0 Å². The molecule has 100 valence electrons. The Morgan fingerprint density at radius 1 is 1.41 bits per heavy atom. The molecule has 2 aliphatic rings. The molecule has 3 N–H and O–H groups in total. The van der Waals surface area contributed by atoms with Crippen molar-refractivity contribution in [2.75, 3.05) is 13.1 Å². The molecule has 0 aromatic carbocycles. The normalized spacial score (nSPS) is 22.9. The molecule has 0 saturated heterocycles. The Morgan fingerprint density at radius 3 is 2.47 bits per heavy atom. The molecule has 3 nitrogen and oxygen atoms in total. The average molecular weight is 359 g/mol. The van der Waals surface area contributed by atoms with Crippen molar-refractivity contribution in [2.45, 2.75) is 38.5 Å². The smallest absolute Gasteiger partial charge is 0.245 e. The van der Waals surface area contributed by atoms with Crippen LogP contribution >= 0.6 is 24.0 Å². The molecule has 0 atom stereocenters. The molecule has 2 fully saturated rings. The predicted octanol–water partition coefficient (Wildman–Crippen LogP) is 2.35. The molecule has 2 saturated carbocycles. The summed E-state index contributed by atoms with van der Waals surface area (Å²) in [6, 6.07) is 0. The maximum Gasteiger partial charge on any atom is 0.245 e. The van der Waals surface area contributed by atoms with Gasteiger partial charge in [0, 0.05) is 6.54 Å². The summed E-state index contributed by atoms with van der Waals surface area (Å²) >= 11 is 0. The highest BCUT2D eigenvalue weighted by atomic mass is 127. The fourth-order valence-electron chi connectivity index (χ4n) is 1.85. The zero-order valence-corrected chi connectivity index (χ0v) is 12.1. The van der Waals surface area contributed by atoms with Gasteiger partial charge in [-0.05, 0) is 31.6 Å². The van der Waals surface area contributed by atoms with Gasteiger partial charge in [-0.25, -0.2) is 8.78 Å². The third-order valence-corrected chi connectivity index (χ3v) is 3.72. The van der Waals surface area contributed by atoms with Crippen LogP contribution in [0.2, 0.25) is 0 Å². The van der Waals surface area contributed by atoms with E-state index in [1.807, 2.05) is 0 Å². The number of hydrogen-bond donors (Lipinski definition) is 2. The molecule has 0 aromatic heterocycles. The molecule has 0 heterocycles. The zero-order chi connectivity index (χ0) is 11.6. The van der Waals surface area contributed by atoms with Crippen molar-refractivity contribution in [3.8, 4) is 0 Å². The quantitative estimate of drug-likeness (QED) is 0.450. The minimum atomic E-state index is -2.27. The largest absolute Gasteiger partial charge is 0.370 e. The summed E-state index contributed by atoms with van der Waals surface area (Å²) in [5.41, 5.74) is 4.77. The highest BCUT2D eigenvalue weighted by molar-refractivity contribution is 14.0. The molecular formula is C11H20F2IN3. The monoisotopic (exact) mass is 359 g/mol. The molecule has 0 aromatic rings. The first-order chi connectivity index (χ1) is 7.62. The number of rotatable bonds is 5. The highest BCUT2D eigenvalue weighted by Crippen LogP contribution is 2.50. The number of halogens is 3. The van der Waals surface area contributed by atoms with E-state index < -0.39 is 11.8 Å². The van der Waals surface area contributed by atoms with Crippen molar-refractivity contribution >= 4 is 29.9 Å². The lowest BCUT2D eigenvalue weighted by atomic mass is 9.85. The summed E-state index contributed by atoms with van der Waals surface area (Å²) in [6.45, 7) is 0.991. The molecule has 0 radical (unpaired) electrons. The van der Waals surface area contributed by atoms with Gasteiger partial charge in [0.2, 0.25) is 6.43 Å². The zero-order valence-electron chi connectivity index (χ0n) is 9.79. The fourth-order valence-corrected chi connectivity index (χ4v) is 1.85. The van der Waals surface area contributed by atoms with Crippen LogP contribution in [0, 0.1) is 11.3 Å². The minimum Gasteiger partial charge on any atom is -0.370 e. The van der Waals surface area contributed by atoms with Crippen molar-refractivity contribution in [3.63, 3.8) is 0 Å². The summed E-state index contributed by atoms with van der Waals surface area (Å²) in [5.74, 6) is 1.01. The van der Waals surface area contributed by atoms with Crippen molar-refractivity contribution in [2.24, 2.45) is 22.1 Å². The molecule has 0 unspecified atom stereocenters. The van der Waals surface area contributed by atoms with Crippen LogP contribution in [-0.2, 0) is 0 Å². The van der Waals surface area contributed by atoms with Crippen LogP contribution in [0.25, 0.3) is 0 Å². The van der Waals surface area contributed by atoms with Gasteiger partial charge in [-0.2, -0.15) is 0 Å². The van der Waals surface area contributed by atoms with Crippen LogP contribution in [0.5, 0.6) is 0 Å². The highest BCUT2D eigenvalue weighted by Gasteiger charge is 2.50. The molecule has 6 heteroatoms. The van der Waals surface area contributed by atoms with E-state index in [4.69, 9.17) is 5.73 Å². The van der Waals surface area contributed by atoms with Gasteiger partial charge in [-0.3, -0.25) is 4.99 Å². The van der Waals surface area contributed by atoms with E-state index in [1.54, 1.807) is 0 Å². The first-order valence-corrected chi connectivity index (χ1v) is 5.94. The van der Waals surface area contributed by atoms with Gasteiger partial charge in [0.15, 0.2) is 5.96 Å². The fraction of sp³-hybridized carbons (Fsp3) is 0.909. The summed E-state index contributed by atoms with van der Waals surface area (Å²) in [4.78, 5) is 4.01. The van der Waals surface area contributed by atoms with E-state index in [2.05, 4.69) is 10.3 Å². The van der Waals surface area contributed by atoms with Crippen molar-refractivity contribution < 1.29 is 8.78 Å². The van der Waals surface area contributed by atoms with E-state index in [9.17, 15) is 8.78 Å². The van der Waals surface area contributed by atoms with Gasteiger partial charge in [0.05, 0.1) is 12.0 Å². The van der Waals surface area contributed by atoms with Crippen molar-refractivity contribution in [1.82, 2.24) is 5.32 Å². The van der Waals surface area contributed by atoms with Gasteiger partial charge in [-0.1, -0.05) is 6.42 Å². The second kappa shape index (κ2) is 6.15. The van der Waals surface area contributed by atoms with Gasteiger partial charge in [0.25, 0.3) is 0 Å². The number of guanidine groups is 1. The van der Waals surface area contributed by atoms with Crippen LogP contribution in [0.4, 0.5) is 8.78 Å². The number of aliphatic imine (C=N–C) groups is 1. The Hall–Kier alpha value is -0.140. The van der Waals surface area contributed by atoms with E-state index in [-0.39, 0.29) is 30.5 Å². The molecule has 2 rings (SSSR count). The first kappa shape index (κ1) is 14.9. The van der Waals surface area contributed by atoms with Gasteiger partial charge < -0.3 is 11.1 Å². The van der Waals surface area contributed by atoms with E-state index >= 15 is 0 Å². The lowest BCUT2D eigenvalue weighted by molar-refractivity contribution is 0.0667. The van der Waals surface area contributed by atoms with Crippen molar-refractivity contribution in [3.05, 3.63) is 0 Å². The standard InChI is InChI=1S/C11H19F2N3.HI/c12-9(13)11(4-5-11)7-16-10(14)15-6-8-2-1-3-8;/h8-9H,1-7H2,(H3,14,15,16);1H. The molecular weight excluding hydrogens is 339 g/mol. The van der Waals surface area contributed by atoms with Crippen LogP contribution in [0.15, 0.2) is 4.99 Å². The van der Waals surface area contributed by atoms with Crippen LogP contribution in [0.1, 0.15) is 32.1 Å².